The highest BCUT2D eigenvalue weighted by molar-refractivity contribution is 6.09. The number of nitriles is 1. The minimum Gasteiger partial charge on any atom is -0.349 e. The molecule has 0 spiro atoms. The molecule has 0 aliphatic rings. The van der Waals surface area contributed by atoms with Gasteiger partial charge < -0.3 is 9.88 Å². The van der Waals surface area contributed by atoms with Gasteiger partial charge in [0, 0.05) is 23.6 Å². The molecule has 2 aromatic heterocycles. The minimum absolute atomic E-state index is 0.0668. The molecule has 1 aromatic carbocycles. The van der Waals surface area contributed by atoms with E-state index in [1.54, 1.807) is 29.2 Å². The quantitative estimate of drug-likeness (QED) is 0.527. The van der Waals surface area contributed by atoms with Gasteiger partial charge in [-0.3, -0.25) is 4.79 Å². The Labute approximate surface area is 163 Å². The first-order valence-corrected chi connectivity index (χ1v) is 9.08. The first-order valence-electron chi connectivity index (χ1n) is 9.08. The molecule has 3 rings (SSSR count). The van der Waals surface area contributed by atoms with Crippen LogP contribution in [-0.4, -0.2) is 25.2 Å². The number of hydrogen-bond acceptors (Lipinski definition) is 4. The summed E-state index contributed by atoms with van der Waals surface area (Å²) in [5.41, 5.74) is 4.56. The average molecular weight is 374 g/mol. The lowest BCUT2D eigenvalue weighted by Crippen LogP contribution is -2.13. The molecule has 0 aliphatic heterocycles. The van der Waals surface area contributed by atoms with Crippen LogP contribution >= 0.6 is 0 Å². The van der Waals surface area contributed by atoms with Crippen LogP contribution in [0.1, 0.15) is 30.3 Å². The minimum atomic E-state index is -0.434. The lowest BCUT2D eigenvalue weighted by atomic mass is 10.1. The van der Waals surface area contributed by atoms with Crippen LogP contribution in [-0.2, 0) is 11.3 Å². The molecule has 0 fully saturated rings. The van der Waals surface area contributed by atoms with Crippen molar-refractivity contribution in [3.63, 3.8) is 0 Å². The summed E-state index contributed by atoms with van der Waals surface area (Å²) in [6.45, 7) is 7.07. The third-order valence-electron chi connectivity index (χ3n) is 4.53. The summed E-state index contributed by atoms with van der Waals surface area (Å²) in [4.78, 5) is 16.5. The van der Waals surface area contributed by atoms with Gasteiger partial charge in [-0.25, -0.2) is 9.67 Å². The van der Waals surface area contributed by atoms with Gasteiger partial charge in [0.25, 0.3) is 5.91 Å². The van der Waals surface area contributed by atoms with Gasteiger partial charge in [-0.05, 0) is 62.2 Å². The smallest absolute Gasteiger partial charge is 0.266 e. The summed E-state index contributed by atoms with van der Waals surface area (Å²) >= 11 is 0. The zero-order valence-corrected chi connectivity index (χ0v) is 16.2. The summed E-state index contributed by atoms with van der Waals surface area (Å²) in [6.07, 6.45) is 5.72. The highest BCUT2D eigenvalue weighted by Crippen LogP contribution is 2.20. The van der Waals surface area contributed by atoms with E-state index in [1.807, 2.05) is 38.1 Å². The van der Waals surface area contributed by atoms with E-state index in [0.29, 0.717) is 5.69 Å². The number of nitrogens with one attached hydrogen (secondary N) is 1. The normalized spacial score (nSPS) is 11.3. The van der Waals surface area contributed by atoms with Crippen LogP contribution in [0.25, 0.3) is 11.8 Å². The molecule has 7 heteroatoms. The van der Waals surface area contributed by atoms with E-state index in [9.17, 15) is 10.1 Å². The van der Waals surface area contributed by atoms with E-state index in [2.05, 4.69) is 26.9 Å². The van der Waals surface area contributed by atoms with Crippen molar-refractivity contribution >= 4 is 17.7 Å². The van der Waals surface area contributed by atoms with Crippen molar-refractivity contribution in [3.8, 4) is 11.8 Å². The second-order valence-corrected chi connectivity index (χ2v) is 6.49. The largest absolute Gasteiger partial charge is 0.349 e. The predicted octanol–water partition coefficient (Wildman–Crippen LogP) is 3.64. The zero-order chi connectivity index (χ0) is 20.1. The number of aromatic nitrogens is 4. The van der Waals surface area contributed by atoms with Gasteiger partial charge >= 0.3 is 0 Å². The molecule has 0 bridgehead atoms. The Kier molecular flexibility index (Phi) is 5.70. The van der Waals surface area contributed by atoms with Crippen molar-refractivity contribution in [3.05, 3.63) is 65.5 Å². The van der Waals surface area contributed by atoms with Crippen molar-refractivity contribution in [2.45, 2.75) is 33.7 Å². The third kappa shape index (κ3) is 4.01. The van der Waals surface area contributed by atoms with Crippen molar-refractivity contribution in [2.24, 2.45) is 0 Å². The summed E-state index contributed by atoms with van der Waals surface area (Å²) in [5, 5.41) is 16.3. The number of anilines is 1. The molecule has 28 heavy (non-hydrogen) atoms. The zero-order valence-electron chi connectivity index (χ0n) is 16.2. The first kappa shape index (κ1) is 19.1. The Balaban J connectivity index is 1.78. The number of carbonyl (C=O) groups is 1. The van der Waals surface area contributed by atoms with Crippen molar-refractivity contribution < 1.29 is 4.79 Å². The topological polar surface area (TPSA) is 88.5 Å². The molecule has 1 amide bonds. The molecule has 7 nitrogen and oxygen atoms in total. The van der Waals surface area contributed by atoms with E-state index in [0.717, 1.165) is 35.6 Å². The Hall–Kier alpha value is -3.66. The molecule has 3 aromatic rings. The fourth-order valence-corrected chi connectivity index (χ4v) is 3.08. The monoisotopic (exact) mass is 374 g/mol. The van der Waals surface area contributed by atoms with E-state index < -0.39 is 5.91 Å². The van der Waals surface area contributed by atoms with Crippen molar-refractivity contribution in [1.29, 1.82) is 5.26 Å². The number of hydrogen-bond donors (Lipinski definition) is 1. The second-order valence-electron chi connectivity index (χ2n) is 6.49. The van der Waals surface area contributed by atoms with E-state index >= 15 is 0 Å². The van der Waals surface area contributed by atoms with E-state index in [1.165, 1.54) is 6.33 Å². The fourth-order valence-electron chi connectivity index (χ4n) is 3.08. The van der Waals surface area contributed by atoms with Crippen LogP contribution in [0.4, 0.5) is 5.69 Å². The summed E-state index contributed by atoms with van der Waals surface area (Å²) in [7, 11) is 0. The lowest BCUT2D eigenvalue weighted by Gasteiger charge is -2.07. The third-order valence-corrected chi connectivity index (χ3v) is 4.53. The molecule has 2 heterocycles. The van der Waals surface area contributed by atoms with Gasteiger partial charge in [0.2, 0.25) is 0 Å². The lowest BCUT2D eigenvalue weighted by molar-refractivity contribution is -0.112. The number of carbonyl (C=O) groups excluding carboxylic acids is 1. The number of nitrogens with zero attached hydrogens (tertiary/aromatic N) is 5. The Morgan fingerprint density at radius 1 is 1.29 bits per heavy atom. The molecule has 0 radical (unpaired) electrons. The van der Waals surface area contributed by atoms with Crippen molar-refractivity contribution in [1.82, 2.24) is 19.3 Å². The Bertz CT molecular complexity index is 1040. The summed E-state index contributed by atoms with van der Waals surface area (Å²) in [5.74, 6) is -0.434. The number of benzene rings is 1. The number of amides is 1. The number of aryl methyl sites for hydroxylation is 1. The molecule has 142 valence electrons. The molecule has 0 saturated carbocycles. The van der Waals surface area contributed by atoms with Gasteiger partial charge in [-0.1, -0.05) is 6.92 Å². The maximum absolute atomic E-state index is 12.6. The van der Waals surface area contributed by atoms with Crippen LogP contribution in [0.15, 0.2) is 48.6 Å². The van der Waals surface area contributed by atoms with Crippen molar-refractivity contribution in [2.75, 3.05) is 5.32 Å². The van der Waals surface area contributed by atoms with Crippen LogP contribution in [0, 0.1) is 25.2 Å². The summed E-state index contributed by atoms with van der Waals surface area (Å²) in [6, 6.07) is 11.2. The van der Waals surface area contributed by atoms with Crippen LogP contribution in [0.3, 0.4) is 0 Å². The molecule has 0 saturated heterocycles. The predicted molar refractivity (Wildman–Crippen MR) is 108 cm³/mol. The Morgan fingerprint density at radius 2 is 2.04 bits per heavy atom. The SMILES string of the molecule is CCCn1c(C)cc(/C=C(\C#N)C(=O)Nc2ccc(-n3cncn3)cc2)c1C. The van der Waals surface area contributed by atoms with Gasteiger partial charge in [-0.15, -0.1) is 0 Å². The average Bonchev–Trinajstić information content (AvgIpc) is 3.31. The molecular weight excluding hydrogens is 352 g/mol. The second kappa shape index (κ2) is 8.35. The maximum atomic E-state index is 12.6. The highest BCUT2D eigenvalue weighted by atomic mass is 16.1. The number of rotatable bonds is 6. The fraction of sp³-hybridized carbons (Fsp3) is 0.238. The molecule has 0 aliphatic carbocycles. The van der Waals surface area contributed by atoms with Gasteiger partial charge in [0.1, 0.15) is 24.3 Å². The molecule has 0 unspecified atom stereocenters. The van der Waals surface area contributed by atoms with Gasteiger partial charge in [0.05, 0.1) is 5.69 Å². The standard InChI is InChI=1S/C21H22N6O/c1-4-9-26-15(2)10-17(16(26)3)11-18(12-22)21(28)25-19-5-7-20(8-6-19)27-14-23-13-24-27/h5-8,10-11,13-14H,4,9H2,1-3H3,(H,25,28)/b18-11+. The van der Waals surface area contributed by atoms with E-state index in [4.69, 9.17) is 0 Å². The van der Waals surface area contributed by atoms with Gasteiger partial charge in [-0.2, -0.15) is 10.4 Å². The highest BCUT2D eigenvalue weighted by Gasteiger charge is 2.13. The van der Waals surface area contributed by atoms with E-state index in [-0.39, 0.29) is 5.57 Å². The van der Waals surface area contributed by atoms with Crippen LogP contribution in [0.2, 0.25) is 0 Å². The van der Waals surface area contributed by atoms with Gasteiger partial charge in [0.15, 0.2) is 0 Å². The van der Waals surface area contributed by atoms with Crippen LogP contribution < -0.4 is 5.32 Å². The maximum Gasteiger partial charge on any atom is 0.266 e. The Morgan fingerprint density at radius 3 is 2.64 bits per heavy atom. The van der Waals surface area contributed by atoms with Crippen LogP contribution in [0.5, 0.6) is 0 Å². The molecular formula is C21H22N6O. The summed E-state index contributed by atoms with van der Waals surface area (Å²) < 4.78 is 3.82. The molecule has 1 N–H and O–H groups in total. The first-order chi connectivity index (χ1) is 13.5. The molecule has 0 atom stereocenters.